The van der Waals surface area contributed by atoms with E-state index in [0.717, 1.165) is 16.8 Å². The molecule has 2 rings (SSSR count). The van der Waals surface area contributed by atoms with Gasteiger partial charge in [0.2, 0.25) is 0 Å². The quantitative estimate of drug-likeness (QED) is 0.649. The van der Waals surface area contributed by atoms with Gasteiger partial charge in [-0.2, -0.15) is 5.10 Å². The van der Waals surface area contributed by atoms with Crippen LogP contribution < -0.4 is 5.43 Å². The summed E-state index contributed by atoms with van der Waals surface area (Å²) < 4.78 is 13.0. The first-order chi connectivity index (χ1) is 9.65. The van der Waals surface area contributed by atoms with Crippen LogP contribution in [0.1, 0.15) is 25.0 Å². The average molecular weight is 270 g/mol. The van der Waals surface area contributed by atoms with Gasteiger partial charge in [-0.15, -0.1) is 0 Å². The Morgan fingerprint density at radius 2 is 1.70 bits per heavy atom. The molecule has 1 N–H and O–H groups in total. The predicted octanol–water partition coefficient (Wildman–Crippen LogP) is 3.77. The van der Waals surface area contributed by atoms with Crippen molar-refractivity contribution >= 4 is 5.71 Å². The zero-order valence-electron chi connectivity index (χ0n) is 11.8. The highest BCUT2D eigenvalue weighted by atomic mass is 19.1. The third-order valence-corrected chi connectivity index (χ3v) is 2.85. The Balaban J connectivity index is 2.23. The summed E-state index contributed by atoms with van der Waals surface area (Å²) in [5, 5.41) is 4.48. The lowest BCUT2D eigenvalue weighted by molar-refractivity contribution is 0.619. The van der Waals surface area contributed by atoms with Gasteiger partial charge in [-0.1, -0.05) is 42.5 Å². The maximum absolute atomic E-state index is 13.0. The van der Waals surface area contributed by atoms with Crippen molar-refractivity contribution in [3.63, 3.8) is 0 Å². The summed E-state index contributed by atoms with van der Waals surface area (Å²) in [4.78, 5) is 0. The molecule has 104 valence electrons. The van der Waals surface area contributed by atoms with Crippen LogP contribution in [0.5, 0.6) is 0 Å². The average Bonchev–Trinajstić information content (AvgIpc) is 2.46. The van der Waals surface area contributed by atoms with Crippen molar-refractivity contribution in [2.24, 2.45) is 5.10 Å². The molecule has 0 aliphatic heterocycles. The van der Waals surface area contributed by atoms with Crippen LogP contribution in [0.4, 0.5) is 4.39 Å². The predicted molar refractivity (Wildman–Crippen MR) is 81.4 cm³/mol. The number of hydrogen-bond donors (Lipinski definition) is 1. The van der Waals surface area contributed by atoms with Crippen molar-refractivity contribution in [3.05, 3.63) is 71.5 Å². The van der Waals surface area contributed by atoms with E-state index in [4.69, 9.17) is 0 Å². The SMILES string of the molecule is CC(C)N/N=C(/Cc1ccc(F)cc1)c1ccccc1. The van der Waals surface area contributed by atoms with Crippen molar-refractivity contribution in [2.45, 2.75) is 26.3 Å². The zero-order chi connectivity index (χ0) is 14.4. The third-order valence-electron chi connectivity index (χ3n) is 2.85. The van der Waals surface area contributed by atoms with Gasteiger partial charge in [0.1, 0.15) is 5.82 Å². The van der Waals surface area contributed by atoms with Gasteiger partial charge in [0, 0.05) is 12.5 Å². The molecule has 0 radical (unpaired) electrons. The van der Waals surface area contributed by atoms with E-state index >= 15 is 0 Å². The molecule has 0 atom stereocenters. The first-order valence-electron chi connectivity index (χ1n) is 6.77. The summed E-state index contributed by atoms with van der Waals surface area (Å²) in [6.07, 6.45) is 0.671. The fourth-order valence-electron chi connectivity index (χ4n) is 1.84. The molecule has 0 saturated carbocycles. The molecule has 2 nitrogen and oxygen atoms in total. The molecule has 0 saturated heterocycles. The highest BCUT2D eigenvalue weighted by Gasteiger charge is 2.06. The minimum Gasteiger partial charge on any atom is -0.307 e. The molecule has 0 fully saturated rings. The molecule has 0 amide bonds. The summed E-state index contributed by atoms with van der Waals surface area (Å²) in [6, 6.07) is 16.9. The monoisotopic (exact) mass is 270 g/mol. The summed E-state index contributed by atoms with van der Waals surface area (Å²) >= 11 is 0. The van der Waals surface area contributed by atoms with Crippen molar-refractivity contribution in [1.82, 2.24) is 5.43 Å². The fraction of sp³-hybridized carbons (Fsp3) is 0.235. The maximum Gasteiger partial charge on any atom is 0.123 e. The van der Waals surface area contributed by atoms with E-state index in [1.165, 1.54) is 12.1 Å². The highest BCUT2D eigenvalue weighted by molar-refractivity contribution is 6.01. The molecule has 0 aromatic heterocycles. The molecule has 2 aromatic carbocycles. The van der Waals surface area contributed by atoms with E-state index in [-0.39, 0.29) is 11.9 Å². The van der Waals surface area contributed by atoms with E-state index in [1.807, 2.05) is 44.2 Å². The topological polar surface area (TPSA) is 24.4 Å². The van der Waals surface area contributed by atoms with E-state index in [2.05, 4.69) is 10.5 Å². The van der Waals surface area contributed by atoms with E-state index in [9.17, 15) is 4.39 Å². The zero-order valence-corrected chi connectivity index (χ0v) is 11.8. The highest BCUT2D eigenvalue weighted by Crippen LogP contribution is 2.09. The minimum atomic E-state index is -0.216. The van der Waals surface area contributed by atoms with Crippen molar-refractivity contribution in [3.8, 4) is 0 Å². The molecule has 0 unspecified atom stereocenters. The number of halogens is 1. The molecule has 0 heterocycles. The number of nitrogens with one attached hydrogen (secondary N) is 1. The Kier molecular flexibility index (Phi) is 4.88. The van der Waals surface area contributed by atoms with Gasteiger partial charge in [-0.05, 0) is 37.1 Å². The Labute approximate surface area is 119 Å². The standard InChI is InChI=1S/C17H19FN2/c1-13(2)19-20-17(15-6-4-3-5-7-15)12-14-8-10-16(18)11-9-14/h3-11,13,19H,12H2,1-2H3/b20-17-. The first-order valence-corrected chi connectivity index (χ1v) is 6.77. The van der Waals surface area contributed by atoms with Crippen molar-refractivity contribution < 1.29 is 4.39 Å². The maximum atomic E-state index is 13.0. The minimum absolute atomic E-state index is 0.216. The largest absolute Gasteiger partial charge is 0.307 e. The van der Waals surface area contributed by atoms with Gasteiger partial charge in [0.25, 0.3) is 0 Å². The molecule has 3 heteroatoms. The van der Waals surface area contributed by atoms with Gasteiger partial charge in [0.15, 0.2) is 0 Å². The van der Waals surface area contributed by atoms with E-state index in [1.54, 1.807) is 12.1 Å². The van der Waals surface area contributed by atoms with E-state index in [0.29, 0.717) is 6.42 Å². The van der Waals surface area contributed by atoms with Crippen LogP contribution in [0, 0.1) is 5.82 Å². The van der Waals surface area contributed by atoms with Crippen LogP contribution in [-0.4, -0.2) is 11.8 Å². The molecule has 0 spiro atoms. The van der Waals surface area contributed by atoms with Gasteiger partial charge in [-0.3, -0.25) is 0 Å². The number of rotatable bonds is 5. The van der Waals surface area contributed by atoms with Crippen LogP contribution in [-0.2, 0) is 6.42 Å². The molecule has 0 bridgehead atoms. The van der Waals surface area contributed by atoms with Crippen LogP contribution in [0.15, 0.2) is 59.7 Å². The number of hydrogen-bond acceptors (Lipinski definition) is 2. The van der Waals surface area contributed by atoms with Crippen LogP contribution in [0.3, 0.4) is 0 Å². The van der Waals surface area contributed by atoms with Gasteiger partial charge in [0.05, 0.1) is 5.71 Å². The Morgan fingerprint density at radius 3 is 2.30 bits per heavy atom. The van der Waals surface area contributed by atoms with Crippen LogP contribution in [0.2, 0.25) is 0 Å². The van der Waals surface area contributed by atoms with Crippen LogP contribution in [0.25, 0.3) is 0 Å². The summed E-state index contributed by atoms with van der Waals surface area (Å²) in [6.45, 7) is 4.09. The second-order valence-electron chi connectivity index (χ2n) is 5.01. The van der Waals surface area contributed by atoms with Crippen molar-refractivity contribution in [2.75, 3.05) is 0 Å². The summed E-state index contributed by atoms with van der Waals surface area (Å²) in [7, 11) is 0. The number of hydrazone groups is 1. The Hall–Kier alpha value is -2.16. The first kappa shape index (κ1) is 14.3. The van der Waals surface area contributed by atoms with Crippen LogP contribution >= 0.6 is 0 Å². The van der Waals surface area contributed by atoms with E-state index < -0.39 is 0 Å². The summed E-state index contributed by atoms with van der Waals surface area (Å²) in [5.74, 6) is -0.216. The number of nitrogens with zero attached hydrogens (tertiary/aromatic N) is 1. The second-order valence-corrected chi connectivity index (χ2v) is 5.01. The third kappa shape index (κ3) is 4.19. The Bertz CT molecular complexity index is 559. The smallest absolute Gasteiger partial charge is 0.123 e. The molecule has 2 aromatic rings. The molecule has 0 aliphatic carbocycles. The second kappa shape index (κ2) is 6.85. The fourth-order valence-corrected chi connectivity index (χ4v) is 1.84. The van der Waals surface area contributed by atoms with Gasteiger partial charge in [-0.25, -0.2) is 4.39 Å². The van der Waals surface area contributed by atoms with Crippen molar-refractivity contribution in [1.29, 1.82) is 0 Å². The normalized spacial score (nSPS) is 11.7. The lowest BCUT2D eigenvalue weighted by Crippen LogP contribution is -2.20. The lowest BCUT2D eigenvalue weighted by Gasteiger charge is -2.10. The Morgan fingerprint density at radius 1 is 1.05 bits per heavy atom. The van der Waals surface area contributed by atoms with Gasteiger partial charge >= 0.3 is 0 Å². The molecular formula is C17H19FN2. The van der Waals surface area contributed by atoms with Gasteiger partial charge < -0.3 is 5.43 Å². The summed E-state index contributed by atoms with van der Waals surface area (Å²) in [5.41, 5.74) is 6.15. The lowest BCUT2D eigenvalue weighted by atomic mass is 10.0. The molecule has 20 heavy (non-hydrogen) atoms. The number of benzene rings is 2. The molecular weight excluding hydrogens is 251 g/mol. The molecule has 0 aliphatic rings.